The molecule has 3 nitrogen and oxygen atoms in total. The van der Waals surface area contributed by atoms with Crippen molar-refractivity contribution in [3.8, 4) is 0 Å². The van der Waals surface area contributed by atoms with Crippen LogP contribution in [0.2, 0.25) is 0 Å². The summed E-state index contributed by atoms with van der Waals surface area (Å²) in [4.78, 5) is 13.0. The van der Waals surface area contributed by atoms with Crippen molar-refractivity contribution in [2.45, 2.75) is 11.8 Å². The van der Waals surface area contributed by atoms with E-state index in [1.807, 2.05) is 49.4 Å². The smallest absolute Gasteiger partial charge is 0.248 e. The van der Waals surface area contributed by atoms with Crippen molar-refractivity contribution in [3.63, 3.8) is 0 Å². The number of hydrogen-bond acceptors (Lipinski definition) is 3. The molecule has 1 aromatic carbocycles. The number of para-hydroxylation sites is 1. The predicted molar refractivity (Wildman–Crippen MR) is 88.5 cm³/mol. The zero-order valence-corrected chi connectivity index (χ0v) is 12.7. The van der Waals surface area contributed by atoms with E-state index in [4.69, 9.17) is 4.42 Å². The van der Waals surface area contributed by atoms with Crippen LogP contribution in [0.5, 0.6) is 0 Å². The Bertz CT molecular complexity index is 658. The lowest BCUT2D eigenvalue weighted by Crippen LogP contribution is -2.08. The molecular weight excluding hydrogens is 282 g/mol. The lowest BCUT2D eigenvalue weighted by Gasteiger charge is -2.08. The summed E-state index contributed by atoms with van der Waals surface area (Å²) >= 11 is 1.63. The summed E-state index contributed by atoms with van der Waals surface area (Å²) in [5, 5.41) is 2.87. The largest absolute Gasteiger partial charge is 0.462 e. The van der Waals surface area contributed by atoms with Gasteiger partial charge < -0.3 is 9.73 Å². The molecule has 21 heavy (non-hydrogen) atoms. The highest BCUT2D eigenvalue weighted by Gasteiger charge is 2.04. The van der Waals surface area contributed by atoms with Gasteiger partial charge in [0.25, 0.3) is 0 Å². The van der Waals surface area contributed by atoms with Gasteiger partial charge in [0.05, 0.1) is 5.69 Å². The maximum absolute atomic E-state index is 11.9. The van der Waals surface area contributed by atoms with Gasteiger partial charge in [-0.1, -0.05) is 18.2 Å². The van der Waals surface area contributed by atoms with Gasteiger partial charge in [0.15, 0.2) is 0 Å². The van der Waals surface area contributed by atoms with Crippen LogP contribution in [0.4, 0.5) is 5.69 Å². The Morgan fingerprint density at radius 3 is 2.86 bits per heavy atom. The molecule has 0 fully saturated rings. The van der Waals surface area contributed by atoms with Crippen LogP contribution in [-0.2, 0) is 4.79 Å². The van der Waals surface area contributed by atoms with Gasteiger partial charge in [-0.05, 0) is 37.3 Å². The Labute approximate surface area is 128 Å². The van der Waals surface area contributed by atoms with Gasteiger partial charge in [-0.3, -0.25) is 4.79 Å². The Kier molecular flexibility index (Phi) is 5.46. The number of benzene rings is 1. The molecule has 108 valence electrons. The number of carbonyl (C=O) groups excluding carboxylic acids is 1. The first kappa shape index (κ1) is 15.2. The van der Waals surface area contributed by atoms with Gasteiger partial charge in [-0.2, -0.15) is 0 Å². The number of rotatable bonds is 6. The van der Waals surface area contributed by atoms with Gasteiger partial charge in [-0.15, -0.1) is 18.3 Å². The first-order chi connectivity index (χ1) is 10.2. The molecule has 0 spiro atoms. The monoisotopic (exact) mass is 299 g/mol. The zero-order chi connectivity index (χ0) is 15.1. The molecule has 0 aliphatic carbocycles. The van der Waals surface area contributed by atoms with Gasteiger partial charge in [-0.25, -0.2) is 0 Å². The van der Waals surface area contributed by atoms with Crippen molar-refractivity contribution in [2.24, 2.45) is 0 Å². The van der Waals surface area contributed by atoms with Crippen LogP contribution in [0, 0.1) is 6.92 Å². The number of aryl methyl sites for hydroxylation is 1. The molecule has 1 amide bonds. The van der Waals surface area contributed by atoms with E-state index in [9.17, 15) is 4.79 Å². The van der Waals surface area contributed by atoms with Crippen LogP contribution in [0.1, 0.15) is 11.5 Å². The number of anilines is 1. The quantitative estimate of drug-likeness (QED) is 0.484. The van der Waals surface area contributed by atoms with E-state index in [-0.39, 0.29) is 5.91 Å². The number of nitrogens with one attached hydrogen (secondary N) is 1. The minimum atomic E-state index is -0.185. The predicted octanol–water partition coefficient (Wildman–Crippen LogP) is 4.52. The summed E-state index contributed by atoms with van der Waals surface area (Å²) in [5.41, 5.74) is 0.801. The van der Waals surface area contributed by atoms with E-state index in [1.54, 1.807) is 17.8 Å². The molecule has 4 heteroatoms. The Morgan fingerprint density at radius 2 is 2.14 bits per heavy atom. The molecule has 0 unspecified atom stereocenters. The van der Waals surface area contributed by atoms with Crippen molar-refractivity contribution in [3.05, 3.63) is 66.6 Å². The lowest BCUT2D eigenvalue weighted by molar-refractivity contribution is -0.111. The van der Waals surface area contributed by atoms with E-state index in [1.165, 1.54) is 6.08 Å². The average Bonchev–Trinajstić information content (AvgIpc) is 2.90. The van der Waals surface area contributed by atoms with E-state index in [2.05, 4.69) is 11.9 Å². The van der Waals surface area contributed by atoms with Gasteiger partial charge in [0, 0.05) is 16.7 Å². The fraction of sp³-hybridized carbons (Fsp3) is 0.118. The second-order valence-electron chi connectivity index (χ2n) is 4.37. The fourth-order valence-electron chi connectivity index (χ4n) is 1.72. The third-order valence-corrected chi connectivity index (χ3v) is 3.73. The minimum Gasteiger partial charge on any atom is -0.462 e. The van der Waals surface area contributed by atoms with E-state index in [0.29, 0.717) is 5.76 Å². The highest BCUT2D eigenvalue weighted by molar-refractivity contribution is 7.99. The number of carbonyl (C=O) groups is 1. The van der Waals surface area contributed by atoms with Gasteiger partial charge in [0.2, 0.25) is 5.91 Å². The van der Waals surface area contributed by atoms with Crippen molar-refractivity contribution >= 4 is 29.4 Å². The average molecular weight is 299 g/mol. The maximum Gasteiger partial charge on any atom is 0.248 e. The maximum atomic E-state index is 11.9. The third-order valence-electron chi connectivity index (χ3n) is 2.66. The van der Waals surface area contributed by atoms with Crippen molar-refractivity contribution in [1.82, 2.24) is 0 Å². The number of thioether (sulfide) groups is 1. The summed E-state index contributed by atoms with van der Waals surface area (Å²) < 4.78 is 5.38. The molecule has 0 radical (unpaired) electrons. The Morgan fingerprint density at radius 1 is 1.33 bits per heavy atom. The Balaban J connectivity index is 2.02. The molecule has 0 saturated heterocycles. The molecule has 1 heterocycles. The molecule has 0 atom stereocenters. The van der Waals surface area contributed by atoms with Crippen LogP contribution in [0.15, 0.2) is 64.4 Å². The van der Waals surface area contributed by atoms with Crippen molar-refractivity contribution in [2.75, 3.05) is 11.1 Å². The molecule has 0 saturated carbocycles. The fourth-order valence-corrected chi connectivity index (χ4v) is 2.47. The number of furan rings is 1. The van der Waals surface area contributed by atoms with E-state index < -0.39 is 0 Å². The highest BCUT2D eigenvalue weighted by atomic mass is 32.2. The first-order valence-corrected chi connectivity index (χ1v) is 7.56. The first-order valence-electron chi connectivity index (χ1n) is 6.57. The van der Waals surface area contributed by atoms with Crippen LogP contribution in [0.3, 0.4) is 0 Å². The standard InChI is InChI=1S/C17H17NO2S/c1-3-12-21-16-7-5-4-6-15(16)18-17(19)11-10-14-9-8-13(2)20-14/h3-11H,1,12H2,2H3,(H,18,19). The normalized spacial score (nSPS) is 10.7. The van der Waals surface area contributed by atoms with Gasteiger partial charge in [0.1, 0.15) is 11.5 Å². The Hall–Kier alpha value is -2.20. The summed E-state index contributed by atoms with van der Waals surface area (Å²) in [6.07, 6.45) is 4.96. The number of hydrogen-bond donors (Lipinski definition) is 1. The molecule has 1 N–H and O–H groups in total. The highest BCUT2D eigenvalue weighted by Crippen LogP contribution is 2.26. The van der Waals surface area contributed by atoms with Crippen LogP contribution in [0.25, 0.3) is 6.08 Å². The SMILES string of the molecule is C=CCSc1ccccc1NC(=O)C=Cc1ccc(C)o1. The van der Waals surface area contributed by atoms with Crippen molar-refractivity contribution in [1.29, 1.82) is 0 Å². The molecule has 0 aliphatic rings. The lowest BCUT2D eigenvalue weighted by atomic mass is 10.3. The summed E-state index contributed by atoms with van der Waals surface area (Å²) in [6, 6.07) is 11.4. The molecule has 0 aliphatic heterocycles. The molecular formula is C17H17NO2S. The third kappa shape index (κ3) is 4.68. The number of amides is 1. The van der Waals surface area contributed by atoms with E-state index >= 15 is 0 Å². The zero-order valence-electron chi connectivity index (χ0n) is 11.8. The molecule has 0 bridgehead atoms. The van der Waals surface area contributed by atoms with Crippen LogP contribution in [-0.4, -0.2) is 11.7 Å². The summed E-state index contributed by atoms with van der Waals surface area (Å²) in [5.74, 6) is 2.10. The van der Waals surface area contributed by atoms with Crippen LogP contribution >= 0.6 is 11.8 Å². The minimum absolute atomic E-state index is 0.185. The van der Waals surface area contributed by atoms with Gasteiger partial charge >= 0.3 is 0 Å². The second-order valence-corrected chi connectivity index (χ2v) is 5.43. The molecule has 2 rings (SSSR count). The molecule has 1 aromatic heterocycles. The summed E-state index contributed by atoms with van der Waals surface area (Å²) in [6.45, 7) is 5.57. The van der Waals surface area contributed by atoms with E-state index in [0.717, 1.165) is 22.1 Å². The van der Waals surface area contributed by atoms with Crippen molar-refractivity contribution < 1.29 is 9.21 Å². The second kappa shape index (κ2) is 7.55. The summed E-state index contributed by atoms with van der Waals surface area (Å²) in [7, 11) is 0. The van der Waals surface area contributed by atoms with Crippen LogP contribution < -0.4 is 5.32 Å². The molecule has 2 aromatic rings. The topological polar surface area (TPSA) is 42.2 Å².